The van der Waals surface area contributed by atoms with Crippen molar-refractivity contribution >= 4 is 0 Å². The molecule has 1 nitrogen and oxygen atoms in total. The fraction of sp³-hybridized carbons (Fsp3) is 0.600. The first-order chi connectivity index (χ1) is 8.43. The van der Waals surface area contributed by atoms with Crippen LogP contribution < -0.4 is 5.32 Å². The van der Waals surface area contributed by atoms with E-state index in [2.05, 4.69) is 26.1 Å². The molecule has 2 atom stereocenters. The van der Waals surface area contributed by atoms with Crippen LogP contribution in [0.15, 0.2) is 18.2 Å². The zero-order valence-electron chi connectivity index (χ0n) is 11.6. The van der Waals surface area contributed by atoms with Gasteiger partial charge >= 0.3 is 0 Å². The first-order valence-corrected chi connectivity index (χ1v) is 6.63. The number of benzene rings is 1. The van der Waals surface area contributed by atoms with Gasteiger partial charge in [-0.15, -0.1) is 0 Å². The standard InChI is InChI=1S/C15H23F2N/c1-5-18-15(11(4)6-10(2)3)12-7-13(16)9-14(17)8-12/h7-11,15,18H,5-6H2,1-4H3. The Morgan fingerprint density at radius 2 is 1.61 bits per heavy atom. The second-order valence-corrected chi connectivity index (χ2v) is 5.34. The molecule has 0 fully saturated rings. The van der Waals surface area contributed by atoms with Crippen LogP contribution in [0.3, 0.4) is 0 Å². The second kappa shape index (κ2) is 6.83. The van der Waals surface area contributed by atoms with Gasteiger partial charge in [0.15, 0.2) is 0 Å². The van der Waals surface area contributed by atoms with Crippen molar-refractivity contribution in [3.8, 4) is 0 Å². The minimum atomic E-state index is -0.510. The smallest absolute Gasteiger partial charge is 0.126 e. The lowest BCUT2D eigenvalue weighted by molar-refractivity contribution is 0.331. The fourth-order valence-corrected chi connectivity index (χ4v) is 2.50. The third-order valence-corrected chi connectivity index (χ3v) is 3.08. The predicted octanol–water partition coefficient (Wildman–Crippen LogP) is 4.30. The molecule has 0 aliphatic carbocycles. The van der Waals surface area contributed by atoms with Crippen LogP contribution in [0.4, 0.5) is 8.78 Å². The topological polar surface area (TPSA) is 12.0 Å². The van der Waals surface area contributed by atoms with Gasteiger partial charge in [-0.2, -0.15) is 0 Å². The molecule has 18 heavy (non-hydrogen) atoms. The molecular formula is C15H23F2N. The van der Waals surface area contributed by atoms with Crippen LogP contribution in [0.2, 0.25) is 0 Å². The first-order valence-electron chi connectivity index (χ1n) is 6.63. The summed E-state index contributed by atoms with van der Waals surface area (Å²) in [4.78, 5) is 0. The van der Waals surface area contributed by atoms with Gasteiger partial charge in [0.2, 0.25) is 0 Å². The van der Waals surface area contributed by atoms with Gasteiger partial charge in [-0.3, -0.25) is 0 Å². The zero-order valence-corrected chi connectivity index (χ0v) is 11.6. The van der Waals surface area contributed by atoms with Crippen LogP contribution in [-0.2, 0) is 0 Å². The van der Waals surface area contributed by atoms with Crippen molar-refractivity contribution in [2.45, 2.75) is 40.2 Å². The van der Waals surface area contributed by atoms with Crippen molar-refractivity contribution in [3.63, 3.8) is 0 Å². The molecule has 2 unspecified atom stereocenters. The molecule has 1 rings (SSSR count). The summed E-state index contributed by atoms with van der Waals surface area (Å²) in [6.45, 7) is 9.23. The molecule has 3 heteroatoms. The lowest BCUT2D eigenvalue weighted by atomic mass is 9.87. The van der Waals surface area contributed by atoms with Gasteiger partial charge in [-0.05, 0) is 42.5 Å². The van der Waals surface area contributed by atoms with Gasteiger partial charge in [-0.25, -0.2) is 8.78 Å². The molecule has 102 valence electrons. The molecule has 0 aliphatic rings. The Labute approximate surface area is 109 Å². The van der Waals surface area contributed by atoms with Gasteiger partial charge < -0.3 is 5.32 Å². The molecule has 0 saturated heterocycles. The monoisotopic (exact) mass is 255 g/mol. The Morgan fingerprint density at radius 1 is 1.06 bits per heavy atom. The summed E-state index contributed by atoms with van der Waals surface area (Å²) in [5.41, 5.74) is 0.697. The molecule has 0 radical (unpaired) electrons. The largest absolute Gasteiger partial charge is 0.310 e. The van der Waals surface area contributed by atoms with Crippen LogP contribution in [0.5, 0.6) is 0 Å². The van der Waals surface area contributed by atoms with E-state index in [1.807, 2.05) is 6.92 Å². The van der Waals surface area contributed by atoms with Crippen molar-refractivity contribution in [2.75, 3.05) is 6.54 Å². The third kappa shape index (κ3) is 4.37. The lowest BCUT2D eigenvalue weighted by Gasteiger charge is -2.26. The van der Waals surface area contributed by atoms with Gasteiger partial charge in [0.05, 0.1) is 0 Å². The van der Waals surface area contributed by atoms with Crippen LogP contribution >= 0.6 is 0 Å². The number of nitrogens with one attached hydrogen (secondary N) is 1. The van der Waals surface area contributed by atoms with E-state index in [1.165, 1.54) is 12.1 Å². The first kappa shape index (κ1) is 15.1. The van der Waals surface area contributed by atoms with Gasteiger partial charge in [0.25, 0.3) is 0 Å². The highest BCUT2D eigenvalue weighted by Gasteiger charge is 2.20. The van der Waals surface area contributed by atoms with Crippen LogP contribution in [0.1, 0.15) is 45.7 Å². The van der Waals surface area contributed by atoms with E-state index in [0.29, 0.717) is 17.4 Å². The maximum Gasteiger partial charge on any atom is 0.126 e. The Kier molecular flexibility index (Phi) is 5.73. The van der Waals surface area contributed by atoms with E-state index in [-0.39, 0.29) is 6.04 Å². The van der Waals surface area contributed by atoms with Gasteiger partial charge in [0, 0.05) is 12.1 Å². The average Bonchev–Trinajstić information content (AvgIpc) is 2.23. The highest BCUT2D eigenvalue weighted by molar-refractivity contribution is 5.22. The quantitative estimate of drug-likeness (QED) is 0.799. The van der Waals surface area contributed by atoms with E-state index in [9.17, 15) is 8.78 Å². The van der Waals surface area contributed by atoms with E-state index < -0.39 is 11.6 Å². The Bertz CT molecular complexity index is 357. The maximum absolute atomic E-state index is 13.3. The van der Waals surface area contributed by atoms with Crippen molar-refractivity contribution < 1.29 is 8.78 Å². The summed E-state index contributed by atoms with van der Waals surface area (Å²) < 4.78 is 26.6. The highest BCUT2D eigenvalue weighted by Crippen LogP contribution is 2.28. The molecule has 0 aliphatic heterocycles. The zero-order chi connectivity index (χ0) is 13.7. The van der Waals surface area contributed by atoms with Crippen LogP contribution in [0.25, 0.3) is 0 Å². The molecule has 1 N–H and O–H groups in total. The number of rotatable bonds is 6. The summed E-state index contributed by atoms with van der Waals surface area (Å²) in [5.74, 6) is -0.111. The SMILES string of the molecule is CCNC(c1cc(F)cc(F)c1)C(C)CC(C)C. The predicted molar refractivity (Wildman–Crippen MR) is 71.4 cm³/mol. The molecule has 1 aromatic carbocycles. The lowest BCUT2D eigenvalue weighted by Crippen LogP contribution is -2.27. The van der Waals surface area contributed by atoms with Crippen molar-refractivity contribution in [1.82, 2.24) is 5.32 Å². The Balaban J connectivity index is 2.95. The van der Waals surface area contributed by atoms with Crippen molar-refractivity contribution in [3.05, 3.63) is 35.4 Å². The molecule has 0 aromatic heterocycles. The molecular weight excluding hydrogens is 232 g/mol. The van der Waals surface area contributed by atoms with Crippen molar-refractivity contribution in [1.29, 1.82) is 0 Å². The molecule has 0 saturated carbocycles. The number of hydrogen-bond donors (Lipinski definition) is 1. The van der Waals surface area contributed by atoms with E-state index in [4.69, 9.17) is 0 Å². The molecule has 0 bridgehead atoms. The van der Waals surface area contributed by atoms with Gasteiger partial charge in [0.1, 0.15) is 11.6 Å². The number of halogens is 2. The van der Waals surface area contributed by atoms with E-state index in [1.54, 1.807) is 0 Å². The summed E-state index contributed by atoms with van der Waals surface area (Å²) in [6.07, 6.45) is 1.02. The third-order valence-electron chi connectivity index (χ3n) is 3.08. The fourth-order valence-electron chi connectivity index (χ4n) is 2.50. The average molecular weight is 255 g/mol. The summed E-state index contributed by atoms with van der Waals surface area (Å²) in [6, 6.07) is 3.77. The summed E-state index contributed by atoms with van der Waals surface area (Å²) in [7, 11) is 0. The van der Waals surface area contributed by atoms with E-state index in [0.717, 1.165) is 19.0 Å². The minimum Gasteiger partial charge on any atom is -0.310 e. The maximum atomic E-state index is 13.3. The molecule has 0 heterocycles. The molecule has 1 aromatic rings. The Morgan fingerprint density at radius 3 is 2.06 bits per heavy atom. The van der Waals surface area contributed by atoms with Crippen LogP contribution in [-0.4, -0.2) is 6.54 Å². The summed E-state index contributed by atoms with van der Waals surface area (Å²) >= 11 is 0. The van der Waals surface area contributed by atoms with Gasteiger partial charge in [-0.1, -0.05) is 27.7 Å². The molecule has 0 amide bonds. The minimum absolute atomic E-state index is 0.00241. The summed E-state index contributed by atoms with van der Waals surface area (Å²) in [5, 5.41) is 3.33. The number of hydrogen-bond acceptors (Lipinski definition) is 1. The normalized spacial score (nSPS) is 14.8. The molecule has 0 spiro atoms. The van der Waals surface area contributed by atoms with Crippen LogP contribution in [0, 0.1) is 23.5 Å². The Hall–Kier alpha value is -0.960. The second-order valence-electron chi connectivity index (χ2n) is 5.34. The highest BCUT2D eigenvalue weighted by atomic mass is 19.1. The van der Waals surface area contributed by atoms with E-state index >= 15 is 0 Å². The van der Waals surface area contributed by atoms with Crippen molar-refractivity contribution in [2.24, 2.45) is 11.8 Å².